The molecule has 1 aromatic carbocycles. The second-order valence-corrected chi connectivity index (χ2v) is 3.22. The number of hydrogen-bond acceptors (Lipinski definition) is 2. The summed E-state index contributed by atoms with van der Waals surface area (Å²) < 4.78 is 25.6. The Hall–Kier alpha value is -2.14. The van der Waals surface area contributed by atoms with E-state index in [1.807, 2.05) is 0 Å². The highest BCUT2D eigenvalue weighted by molar-refractivity contribution is 5.94. The molecule has 17 heavy (non-hydrogen) atoms. The van der Waals surface area contributed by atoms with Crippen LogP contribution in [0, 0.1) is 11.6 Å². The molecule has 0 fully saturated rings. The van der Waals surface area contributed by atoms with Crippen LogP contribution in [-0.4, -0.2) is 19.0 Å². The molecule has 0 aliphatic rings. The zero-order chi connectivity index (χ0) is 12.7. The predicted molar refractivity (Wildman–Crippen MR) is 57.3 cm³/mol. The van der Waals surface area contributed by atoms with E-state index in [1.165, 1.54) is 0 Å². The fourth-order valence-electron chi connectivity index (χ4n) is 1.18. The lowest BCUT2D eigenvalue weighted by atomic mass is 10.2. The van der Waals surface area contributed by atoms with Crippen LogP contribution in [0.25, 0.3) is 10.4 Å². The predicted octanol–water partition coefficient (Wildman–Crippen LogP) is 2.40. The largest absolute Gasteiger partial charge is 0.352 e. The normalized spacial score (nSPS) is 9.53. The molecule has 0 radical (unpaired) electrons. The van der Waals surface area contributed by atoms with E-state index < -0.39 is 17.5 Å². The highest BCUT2D eigenvalue weighted by Gasteiger charge is 2.08. The Bertz CT molecular complexity index is 437. The van der Waals surface area contributed by atoms with Crippen LogP contribution in [0.4, 0.5) is 8.78 Å². The summed E-state index contributed by atoms with van der Waals surface area (Å²) in [6.07, 6.45) is 0.466. The maximum absolute atomic E-state index is 12.8. The van der Waals surface area contributed by atoms with Crippen molar-refractivity contribution in [2.24, 2.45) is 5.11 Å². The van der Waals surface area contributed by atoms with Gasteiger partial charge in [0.25, 0.3) is 5.91 Å². The van der Waals surface area contributed by atoms with E-state index in [0.717, 1.165) is 12.1 Å². The van der Waals surface area contributed by atoms with E-state index in [-0.39, 0.29) is 18.7 Å². The molecule has 1 N–H and O–H groups in total. The molecule has 1 amide bonds. The number of azide groups is 1. The molecule has 0 aliphatic heterocycles. The van der Waals surface area contributed by atoms with Crippen molar-refractivity contribution >= 4 is 5.91 Å². The standard InChI is InChI=1S/C10H10F2N4O/c11-8-4-7(5-9(12)6-8)10(17)14-2-1-3-15-16-13/h4-6H,1-3H2,(H,14,17). The summed E-state index contributed by atoms with van der Waals surface area (Å²) in [5.74, 6) is -2.17. The average Bonchev–Trinajstić information content (AvgIpc) is 2.27. The van der Waals surface area contributed by atoms with Crippen LogP contribution in [0.3, 0.4) is 0 Å². The van der Waals surface area contributed by atoms with Gasteiger partial charge in [0.15, 0.2) is 0 Å². The Kier molecular flexibility index (Phi) is 4.90. The van der Waals surface area contributed by atoms with Crippen LogP contribution in [0.2, 0.25) is 0 Å². The first-order chi connectivity index (χ1) is 8.13. The first-order valence-corrected chi connectivity index (χ1v) is 4.88. The number of amides is 1. The molecule has 5 nitrogen and oxygen atoms in total. The molecule has 0 bridgehead atoms. The molecule has 0 spiro atoms. The van der Waals surface area contributed by atoms with Crippen molar-refractivity contribution in [2.75, 3.05) is 13.1 Å². The summed E-state index contributed by atoms with van der Waals surface area (Å²) in [4.78, 5) is 14.0. The first kappa shape index (κ1) is 12.9. The van der Waals surface area contributed by atoms with E-state index in [2.05, 4.69) is 15.3 Å². The van der Waals surface area contributed by atoms with Crippen molar-refractivity contribution in [3.8, 4) is 0 Å². The van der Waals surface area contributed by atoms with Crippen LogP contribution in [0.15, 0.2) is 23.3 Å². The summed E-state index contributed by atoms with van der Waals surface area (Å²) in [5.41, 5.74) is 7.92. The van der Waals surface area contributed by atoms with Gasteiger partial charge in [0.1, 0.15) is 11.6 Å². The maximum Gasteiger partial charge on any atom is 0.251 e. The van der Waals surface area contributed by atoms with Gasteiger partial charge in [-0.2, -0.15) is 0 Å². The molecular formula is C10H10F2N4O. The highest BCUT2D eigenvalue weighted by Crippen LogP contribution is 2.07. The van der Waals surface area contributed by atoms with Crippen molar-refractivity contribution in [1.29, 1.82) is 0 Å². The minimum Gasteiger partial charge on any atom is -0.352 e. The van der Waals surface area contributed by atoms with Crippen molar-refractivity contribution in [1.82, 2.24) is 5.32 Å². The zero-order valence-corrected chi connectivity index (χ0v) is 8.86. The van der Waals surface area contributed by atoms with Crippen molar-refractivity contribution < 1.29 is 13.6 Å². The van der Waals surface area contributed by atoms with Gasteiger partial charge in [-0.25, -0.2) is 8.78 Å². The van der Waals surface area contributed by atoms with E-state index in [0.29, 0.717) is 12.5 Å². The molecule has 0 saturated carbocycles. The summed E-state index contributed by atoms with van der Waals surface area (Å²) in [7, 11) is 0. The first-order valence-electron chi connectivity index (χ1n) is 4.88. The lowest BCUT2D eigenvalue weighted by Gasteiger charge is -2.04. The summed E-state index contributed by atoms with van der Waals surface area (Å²) in [6.45, 7) is 0.532. The topological polar surface area (TPSA) is 77.9 Å². The number of halogens is 2. The van der Waals surface area contributed by atoms with Gasteiger partial charge in [-0.3, -0.25) is 4.79 Å². The molecule has 0 aromatic heterocycles. The van der Waals surface area contributed by atoms with Crippen LogP contribution in [0.1, 0.15) is 16.8 Å². The van der Waals surface area contributed by atoms with Gasteiger partial charge >= 0.3 is 0 Å². The summed E-state index contributed by atoms with van der Waals surface area (Å²) >= 11 is 0. The molecule has 0 atom stereocenters. The number of nitrogens with one attached hydrogen (secondary N) is 1. The van der Waals surface area contributed by atoms with Crippen molar-refractivity contribution in [2.45, 2.75) is 6.42 Å². The molecule has 0 saturated heterocycles. The fourth-order valence-corrected chi connectivity index (χ4v) is 1.18. The number of carbonyl (C=O) groups is 1. The lowest BCUT2D eigenvalue weighted by molar-refractivity contribution is 0.0952. The van der Waals surface area contributed by atoms with E-state index >= 15 is 0 Å². The summed E-state index contributed by atoms with van der Waals surface area (Å²) in [5, 5.41) is 5.74. The minimum absolute atomic E-state index is 0.0775. The van der Waals surface area contributed by atoms with Gasteiger partial charge in [-0.1, -0.05) is 5.11 Å². The Balaban J connectivity index is 2.49. The van der Waals surface area contributed by atoms with Gasteiger partial charge in [0, 0.05) is 29.6 Å². The van der Waals surface area contributed by atoms with Gasteiger partial charge in [0.05, 0.1) is 0 Å². The number of carbonyl (C=O) groups excluding carboxylic acids is 1. The highest BCUT2D eigenvalue weighted by atomic mass is 19.1. The molecule has 7 heteroatoms. The van der Waals surface area contributed by atoms with Crippen LogP contribution >= 0.6 is 0 Å². The molecular weight excluding hydrogens is 230 g/mol. The van der Waals surface area contributed by atoms with Crippen LogP contribution < -0.4 is 5.32 Å². The average molecular weight is 240 g/mol. The quantitative estimate of drug-likeness (QED) is 0.364. The number of rotatable bonds is 5. The molecule has 1 rings (SSSR count). The number of benzene rings is 1. The fraction of sp³-hybridized carbons (Fsp3) is 0.300. The second kappa shape index (κ2) is 6.44. The molecule has 0 heterocycles. The van der Waals surface area contributed by atoms with Gasteiger partial charge < -0.3 is 5.32 Å². The molecule has 0 unspecified atom stereocenters. The summed E-state index contributed by atoms with van der Waals surface area (Å²) in [6, 6.07) is 2.59. The van der Waals surface area contributed by atoms with E-state index in [4.69, 9.17) is 5.53 Å². The van der Waals surface area contributed by atoms with E-state index in [1.54, 1.807) is 0 Å². The lowest BCUT2D eigenvalue weighted by Crippen LogP contribution is -2.25. The van der Waals surface area contributed by atoms with Gasteiger partial charge in [-0.05, 0) is 24.1 Å². The third-order valence-corrected chi connectivity index (χ3v) is 1.91. The Labute approximate surface area is 96.1 Å². The van der Waals surface area contributed by atoms with Crippen molar-refractivity contribution in [3.05, 3.63) is 45.8 Å². The Morgan fingerprint density at radius 2 is 2.00 bits per heavy atom. The van der Waals surface area contributed by atoms with E-state index in [9.17, 15) is 13.6 Å². The number of nitrogens with zero attached hydrogens (tertiary/aromatic N) is 3. The number of hydrogen-bond donors (Lipinski definition) is 1. The second-order valence-electron chi connectivity index (χ2n) is 3.22. The van der Waals surface area contributed by atoms with Crippen LogP contribution in [0.5, 0.6) is 0 Å². The molecule has 1 aromatic rings. The Morgan fingerprint density at radius 1 is 1.35 bits per heavy atom. The third-order valence-electron chi connectivity index (χ3n) is 1.91. The molecule has 0 aliphatic carbocycles. The maximum atomic E-state index is 12.8. The monoisotopic (exact) mass is 240 g/mol. The third kappa shape index (κ3) is 4.48. The van der Waals surface area contributed by atoms with Crippen molar-refractivity contribution in [3.63, 3.8) is 0 Å². The molecule has 90 valence electrons. The van der Waals surface area contributed by atoms with Crippen LogP contribution in [-0.2, 0) is 0 Å². The Morgan fingerprint density at radius 3 is 2.59 bits per heavy atom. The van der Waals surface area contributed by atoms with Gasteiger partial charge in [0.2, 0.25) is 0 Å². The zero-order valence-electron chi connectivity index (χ0n) is 8.86. The van der Waals surface area contributed by atoms with Gasteiger partial charge in [-0.15, -0.1) is 0 Å². The smallest absolute Gasteiger partial charge is 0.251 e. The SMILES string of the molecule is [N-]=[N+]=NCCCNC(=O)c1cc(F)cc(F)c1. The minimum atomic E-state index is -0.802.